The molecule has 2 unspecified atom stereocenters. The first-order valence-electron chi connectivity index (χ1n) is 9.72. The maximum absolute atomic E-state index is 13.6. The number of phenols is 1. The molecule has 0 saturated heterocycles. The molecule has 9 N–H and O–H groups in total. The second-order valence-corrected chi connectivity index (χ2v) is 8.55. The second kappa shape index (κ2) is 6.56. The van der Waals surface area contributed by atoms with Gasteiger partial charge in [0.2, 0.25) is 5.78 Å². The molecule has 0 heterocycles. The summed E-state index contributed by atoms with van der Waals surface area (Å²) in [7, 11) is 3.22. The standard InChI is InChI=1S/C21H24N4O6/c1-25(2)14-9-6-8-5-7-3-4-10(22)15(26)11(7)16(27)12(8)19(29)21(9,31)18(23)13(17(14)28)20(24)30/h3-4,8-9,14,23,26-28,31H,5-6,22H2,1-2H3,(H2,24,30)/t8?,9?,14-,21+/m0/s1. The van der Waals surface area contributed by atoms with Crippen molar-refractivity contribution in [2.24, 2.45) is 17.6 Å². The monoisotopic (exact) mass is 428 g/mol. The molecule has 0 radical (unpaired) electrons. The van der Waals surface area contributed by atoms with E-state index in [2.05, 4.69) is 0 Å². The average molecular weight is 428 g/mol. The summed E-state index contributed by atoms with van der Waals surface area (Å²) in [5.74, 6) is -4.95. The van der Waals surface area contributed by atoms with Gasteiger partial charge < -0.3 is 37.3 Å². The van der Waals surface area contributed by atoms with Gasteiger partial charge in [0.1, 0.15) is 22.8 Å². The van der Waals surface area contributed by atoms with Gasteiger partial charge >= 0.3 is 0 Å². The molecule has 0 bridgehead atoms. The molecule has 31 heavy (non-hydrogen) atoms. The molecule has 3 aliphatic carbocycles. The van der Waals surface area contributed by atoms with E-state index in [1.165, 1.54) is 6.07 Å². The zero-order valence-electron chi connectivity index (χ0n) is 17.0. The summed E-state index contributed by atoms with van der Waals surface area (Å²) in [6.07, 6.45) is 0.412. The average Bonchev–Trinajstić information content (AvgIpc) is 2.67. The van der Waals surface area contributed by atoms with Crippen LogP contribution in [-0.2, 0) is 16.0 Å². The number of ketones is 1. The number of aliphatic hydroxyl groups is 3. The minimum atomic E-state index is -2.49. The Morgan fingerprint density at radius 3 is 2.48 bits per heavy atom. The number of primary amides is 1. The quantitative estimate of drug-likeness (QED) is 0.252. The summed E-state index contributed by atoms with van der Waals surface area (Å²) in [6.45, 7) is 0. The van der Waals surface area contributed by atoms with Crippen LogP contribution in [0.15, 0.2) is 29.0 Å². The van der Waals surface area contributed by atoms with E-state index in [-0.39, 0.29) is 35.4 Å². The summed E-state index contributed by atoms with van der Waals surface area (Å²) in [5, 5.41) is 51.9. The molecule has 4 rings (SSSR count). The van der Waals surface area contributed by atoms with Gasteiger partial charge in [-0.1, -0.05) is 6.07 Å². The van der Waals surface area contributed by atoms with Crippen LogP contribution in [0.4, 0.5) is 5.69 Å². The van der Waals surface area contributed by atoms with Gasteiger partial charge in [0.05, 0.1) is 23.0 Å². The summed E-state index contributed by atoms with van der Waals surface area (Å²) < 4.78 is 0. The predicted molar refractivity (Wildman–Crippen MR) is 111 cm³/mol. The Morgan fingerprint density at radius 2 is 1.90 bits per heavy atom. The van der Waals surface area contributed by atoms with E-state index in [1.54, 1.807) is 25.1 Å². The van der Waals surface area contributed by atoms with Crippen molar-refractivity contribution in [1.82, 2.24) is 4.90 Å². The highest BCUT2D eigenvalue weighted by Crippen LogP contribution is 2.52. The van der Waals surface area contributed by atoms with Gasteiger partial charge in [0, 0.05) is 11.5 Å². The lowest BCUT2D eigenvalue weighted by Gasteiger charge is -2.51. The third kappa shape index (κ3) is 2.55. The molecule has 164 valence electrons. The van der Waals surface area contributed by atoms with Crippen LogP contribution in [0.1, 0.15) is 17.5 Å². The molecule has 1 aromatic carbocycles. The van der Waals surface area contributed by atoms with E-state index in [0.717, 1.165) is 0 Å². The number of hydrogen-bond acceptors (Lipinski definition) is 9. The lowest BCUT2D eigenvalue weighted by molar-refractivity contribution is -0.138. The van der Waals surface area contributed by atoms with E-state index >= 15 is 0 Å². The fraction of sp³-hybridized carbons (Fsp3) is 0.381. The molecule has 1 amide bonds. The van der Waals surface area contributed by atoms with Gasteiger partial charge in [-0.2, -0.15) is 0 Å². The smallest absolute Gasteiger partial charge is 0.254 e. The Balaban J connectivity index is 1.96. The number of nitrogens with zero attached hydrogens (tertiary/aromatic N) is 1. The Morgan fingerprint density at radius 1 is 1.26 bits per heavy atom. The molecule has 1 fully saturated rings. The largest absolute Gasteiger partial charge is 0.510 e. The van der Waals surface area contributed by atoms with Crippen LogP contribution in [0, 0.1) is 17.2 Å². The number of nitrogens with two attached hydrogens (primary N) is 2. The van der Waals surface area contributed by atoms with Crippen molar-refractivity contribution < 1.29 is 30.0 Å². The molecular weight excluding hydrogens is 404 g/mol. The highest BCUT2D eigenvalue weighted by Gasteiger charge is 2.63. The molecule has 10 nitrogen and oxygen atoms in total. The zero-order valence-corrected chi connectivity index (χ0v) is 17.0. The summed E-state index contributed by atoms with van der Waals surface area (Å²) in [4.78, 5) is 27.1. The van der Waals surface area contributed by atoms with E-state index in [4.69, 9.17) is 16.9 Å². The van der Waals surface area contributed by atoms with E-state index in [9.17, 15) is 30.0 Å². The van der Waals surface area contributed by atoms with Crippen LogP contribution in [0.25, 0.3) is 5.76 Å². The van der Waals surface area contributed by atoms with Crippen molar-refractivity contribution in [3.05, 3.63) is 40.2 Å². The SMILES string of the molecule is CN(C)[C@@H]1C(O)=C(C(N)=O)C(=N)[C@@]2(O)C(=O)C3=C(O)c4c(ccc(N)c4O)CC3CC12. The molecule has 0 aromatic heterocycles. The maximum Gasteiger partial charge on any atom is 0.254 e. The maximum atomic E-state index is 13.6. The van der Waals surface area contributed by atoms with E-state index in [0.29, 0.717) is 5.56 Å². The van der Waals surface area contributed by atoms with Crippen LogP contribution in [0.3, 0.4) is 0 Å². The number of nitrogens with one attached hydrogen (secondary N) is 1. The minimum absolute atomic E-state index is 0.0154. The second-order valence-electron chi connectivity index (χ2n) is 8.55. The normalized spacial score (nSPS) is 30.3. The molecular formula is C21H24N4O6. The first-order chi connectivity index (χ1) is 14.4. The number of hydrogen-bond donors (Lipinski definition) is 7. The van der Waals surface area contributed by atoms with E-state index < -0.39 is 58.0 Å². The fourth-order valence-corrected chi connectivity index (χ4v) is 5.29. The number of rotatable bonds is 2. The molecule has 10 heteroatoms. The van der Waals surface area contributed by atoms with Gasteiger partial charge in [-0.3, -0.25) is 14.5 Å². The van der Waals surface area contributed by atoms with E-state index in [1.807, 2.05) is 0 Å². The number of likely N-dealkylation sites (N-methyl/N-ethyl adjacent to an activating group) is 1. The molecule has 0 aliphatic heterocycles. The highest BCUT2D eigenvalue weighted by atomic mass is 16.3. The Labute approximate surface area is 177 Å². The molecule has 4 atom stereocenters. The lowest BCUT2D eigenvalue weighted by Crippen LogP contribution is -2.67. The third-order valence-electron chi connectivity index (χ3n) is 6.68. The van der Waals surface area contributed by atoms with Crippen molar-refractivity contribution >= 4 is 28.8 Å². The van der Waals surface area contributed by atoms with Crippen molar-refractivity contribution in [2.45, 2.75) is 24.5 Å². The number of aliphatic hydroxyl groups excluding tert-OH is 2. The summed E-state index contributed by atoms with van der Waals surface area (Å²) in [6, 6.07) is 2.20. The molecule has 0 spiro atoms. The third-order valence-corrected chi connectivity index (χ3v) is 6.68. The number of aromatic hydroxyl groups is 1. The fourth-order valence-electron chi connectivity index (χ4n) is 5.29. The van der Waals surface area contributed by atoms with Crippen molar-refractivity contribution in [3.8, 4) is 5.75 Å². The van der Waals surface area contributed by atoms with Crippen molar-refractivity contribution in [2.75, 3.05) is 19.8 Å². The Kier molecular flexibility index (Phi) is 4.42. The number of fused-ring (bicyclic) bond motifs is 3. The number of anilines is 1. The number of carbonyl (C=O) groups excluding carboxylic acids is 2. The van der Waals surface area contributed by atoms with Crippen LogP contribution in [0.2, 0.25) is 0 Å². The van der Waals surface area contributed by atoms with Gasteiger partial charge in [0.25, 0.3) is 5.91 Å². The number of amides is 1. The minimum Gasteiger partial charge on any atom is -0.510 e. The van der Waals surface area contributed by atoms with Crippen LogP contribution >= 0.6 is 0 Å². The first-order valence-corrected chi connectivity index (χ1v) is 9.72. The Hall–Kier alpha value is -3.37. The van der Waals surface area contributed by atoms with Gasteiger partial charge in [-0.05, 0) is 44.5 Å². The number of carbonyl (C=O) groups is 2. The van der Waals surface area contributed by atoms with Gasteiger partial charge in [-0.25, -0.2) is 0 Å². The topological polar surface area (TPSA) is 194 Å². The zero-order chi connectivity index (χ0) is 23.0. The molecule has 1 aromatic rings. The van der Waals surface area contributed by atoms with Gasteiger partial charge in [-0.15, -0.1) is 0 Å². The van der Waals surface area contributed by atoms with Crippen LogP contribution < -0.4 is 11.5 Å². The molecule has 3 aliphatic rings. The number of benzene rings is 1. The summed E-state index contributed by atoms with van der Waals surface area (Å²) >= 11 is 0. The number of nitrogen functional groups attached to an aromatic ring is 1. The highest BCUT2D eigenvalue weighted by molar-refractivity contribution is 6.33. The Bertz CT molecular complexity index is 1120. The number of Topliss-reactive ketones (excluding diaryl/α,β-unsaturated/α-hetero) is 1. The van der Waals surface area contributed by atoms with Gasteiger partial charge in [0.15, 0.2) is 5.60 Å². The van der Waals surface area contributed by atoms with Crippen molar-refractivity contribution in [3.63, 3.8) is 0 Å². The molecule has 1 saturated carbocycles. The first kappa shape index (κ1) is 20.9. The lowest BCUT2D eigenvalue weighted by atomic mass is 9.57. The van der Waals surface area contributed by atoms with Crippen LogP contribution in [-0.4, -0.2) is 68.5 Å². The number of phenolic OH excluding ortho intramolecular Hbond substituents is 1. The summed E-state index contributed by atoms with van der Waals surface area (Å²) in [5.41, 5.74) is 7.66. The predicted octanol–water partition coefficient (Wildman–Crippen LogP) is -0.00313. The van der Waals surface area contributed by atoms with Crippen LogP contribution in [0.5, 0.6) is 5.75 Å². The van der Waals surface area contributed by atoms with Crippen molar-refractivity contribution in [1.29, 1.82) is 5.41 Å².